The highest BCUT2D eigenvalue weighted by Gasteiger charge is 2.28. The van der Waals surface area contributed by atoms with Crippen molar-refractivity contribution in [3.05, 3.63) is 24.3 Å². The average molecular weight is 319 g/mol. The molecule has 23 heavy (non-hydrogen) atoms. The molecule has 0 radical (unpaired) electrons. The van der Waals surface area contributed by atoms with Crippen LogP contribution in [0.15, 0.2) is 24.3 Å². The van der Waals surface area contributed by atoms with Gasteiger partial charge in [0.1, 0.15) is 5.75 Å². The molecule has 0 aromatic heterocycles. The minimum Gasteiger partial charge on any atom is -0.492 e. The fraction of sp³-hybridized carbons (Fsp3) is 0.529. The minimum atomic E-state index is -0.265. The van der Waals surface area contributed by atoms with Gasteiger partial charge in [0, 0.05) is 5.92 Å². The van der Waals surface area contributed by atoms with Crippen LogP contribution in [0.5, 0.6) is 5.75 Å². The van der Waals surface area contributed by atoms with Gasteiger partial charge >= 0.3 is 0 Å². The van der Waals surface area contributed by atoms with Gasteiger partial charge in [-0.15, -0.1) is 0 Å². The number of ether oxygens (including phenoxy) is 1. The number of nitrogens with two attached hydrogens (primary N) is 1. The van der Waals surface area contributed by atoms with Gasteiger partial charge in [-0.2, -0.15) is 0 Å². The van der Waals surface area contributed by atoms with E-state index in [0.29, 0.717) is 44.0 Å². The largest absolute Gasteiger partial charge is 0.492 e. The van der Waals surface area contributed by atoms with Gasteiger partial charge in [0.05, 0.1) is 18.3 Å². The number of carbonyl (C=O) groups is 2. The van der Waals surface area contributed by atoms with E-state index in [9.17, 15) is 9.59 Å². The molecule has 3 N–H and O–H groups in total. The first-order valence-electron chi connectivity index (χ1n) is 8.09. The number of primary amides is 1. The zero-order chi connectivity index (χ0) is 16.8. The van der Waals surface area contributed by atoms with Crippen molar-refractivity contribution < 1.29 is 14.3 Å². The molecule has 1 saturated heterocycles. The summed E-state index contributed by atoms with van der Waals surface area (Å²) in [6.45, 7) is 5.74. The Morgan fingerprint density at radius 2 is 2.00 bits per heavy atom. The summed E-state index contributed by atoms with van der Waals surface area (Å²) in [6.07, 6.45) is 1.42. The van der Waals surface area contributed by atoms with E-state index >= 15 is 0 Å². The summed E-state index contributed by atoms with van der Waals surface area (Å²) < 4.78 is 5.52. The zero-order valence-corrected chi connectivity index (χ0v) is 13.7. The van der Waals surface area contributed by atoms with E-state index in [1.54, 1.807) is 0 Å². The van der Waals surface area contributed by atoms with Crippen LogP contribution in [0.1, 0.15) is 26.7 Å². The summed E-state index contributed by atoms with van der Waals surface area (Å²) in [5.41, 5.74) is 6.02. The Morgan fingerprint density at radius 3 is 2.61 bits per heavy atom. The Bertz CT molecular complexity index is 554. The van der Waals surface area contributed by atoms with Crippen molar-refractivity contribution in [3.8, 4) is 5.75 Å². The number of likely N-dealkylation sites (tertiary alicyclic amines) is 1. The number of nitrogens with zero attached hydrogens (tertiary/aromatic N) is 1. The van der Waals surface area contributed by atoms with Gasteiger partial charge < -0.3 is 15.8 Å². The van der Waals surface area contributed by atoms with Crippen LogP contribution in [-0.2, 0) is 9.59 Å². The van der Waals surface area contributed by atoms with Crippen molar-refractivity contribution >= 4 is 17.5 Å². The van der Waals surface area contributed by atoms with E-state index in [1.165, 1.54) is 0 Å². The van der Waals surface area contributed by atoms with Crippen molar-refractivity contribution in [3.63, 3.8) is 0 Å². The van der Waals surface area contributed by atoms with E-state index in [-0.39, 0.29) is 23.8 Å². The molecule has 0 bridgehead atoms. The fourth-order valence-corrected chi connectivity index (χ4v) is 2.83. The summed E-state index contributed by atoms with van der Waals surface area (Å²) in [7, 11) is 0. The third kappa shape index (κ3) is 4.45. The maximum Gasteiger partial charge on any atom is 0.241 e. The maximum atomic E-state index is 12.5. The fourth-order valence-electron chi connectivity index (χ4n) is 2.83. The SMILES string of the molecule is CCOc1ccccc1NC(=O)[C@@H](C)N1CCC(C(N)=O)CC1. The van der Waals surface area contributed by atoms with Gasteiger partial charge in [0.2, 0.25) is 11.8 Å². The van der Waals surface area contributed by atoms with E-state index in [4.69, 9.17) is 10.5 Å². The third-order valence-electron chi connectivity index (χ3n) is 4.30. The highest BCUT2D eigenvalue weighted by Crippen LogP contribution is 2.25. The Morgan fingerprint density at radius 1 is 1.35 bits per heavy atom. The van der Waals surface area contributed by atoms with Crippen LogP contribution in [0.2, 0.25) is 0 Å². The number of carbonyl (C=O) groups excluding carboxylic acids is 2. The number of piperidine rings is 1. The Balaban J connectivity index is 1.94. The highest BCUT2D eigenvalue weighted by molar-refractivity contribution is 5.95. The number of benzene rings is 1. The predicted molar refractivity (Wildman–Crippen MR) is 89.2 cm³/mol. The summed E-state index contributed by atoms with van der Waals surface area (Å²) in [5, 5.41) is 2.93. The molecule has 1 aliphatic rings. The molecular formula is C17H25N3O3. The molecule has 1 aromatic carbocycles. The van der Waals surface area contributed by atoms with Gasteiger partial charge in [0.25, 0.3) is 0 Å². The number of rotatable bonds is 6. The summed E-state index contributed by atoms with van der Waals surface area (Å²) in [6, 6.07) is 7.13. The van der Waals surface area contributed by atoms with Crippen LogP contribution in [0.3, 0.4) is 0 Å². The van der Waals surface area contributed by atoms with Gasteiger partial charge in [-0.25, -0.2) is 0 Å². The summed E-state index contributed by atoms with van der Waals surface area (Å²) in [5.74, 6) is 0.283. The maximum absolute atomic E-state index is 12.5. The minimum absolute atomic E-state index is 0.0693. The molecule has 6 nitrogen and oxygen atoms in total. The first-order chi connectivity index (χ1) is 11.0. The van der Waals surface area contributed by atoms with Crippen LogP contribution >= 0.6 is 0 Å². The second kappa shape index (κ2) is 7.97. The molecule has 2 rings (SSSR count). The quantitative estimate of drug-likeness (QED) is 0.834. The number of hydrogen-bond donors (Lipinski definition) is 2. The van der Waals surface area contributed by atoms with E-state index < -0.39 is 0 Å². The van der Waals surface area contributed by atoms with Gasteiger partial charge in [0.15, 0.2) is 0 Å². The molecule has 0 aliphatic carbocycles. The lowest BCUT2D eigenvalue weighted by molar-refractivity contribution is -0.124. The predicted octanol–water partition coefficient (Wildman–Crippen LogP) is 1.61. The van der Waals surface area contributed by atoms with Crippen LogP contribution in [0.25, 0.3) is 0 Å². The third-order valence-corrected chi connectivity index (χ3v) is 4.30. The van der Waals surface area contributed by atoms with Crippen molar-refractivity contribution in [2.75, 3.05) is 25.0 Å². The Labute approximate surface area is 137 Å². The lowest BCUT2D eigenvalue weighted by Gasteiger charge is -2.34. The Kier molecular flexibility index (Phi) is 5.98. The zero-order valence-electron chi connectivity index (χ0n) is 13.7. The van der Waals surface area contributed by atoms with E-state index in [2.05, 4.69) is 10.2 Å². The molecular weight excluding hydrogens is 294 g/mol. The van der Waals surface area contributed by atoms with Gasteiger partial charge in [-0.3, -0.25) is 14.5 Å². The molecule has 0 spiro atoms. The van der Waals surface area contributed by atoms with Crippen LogP contribution in [0.4, 0.5) is 5.69 Å². The molecule has 1 atom stereocenters. The lowest BCUT2D eigenvalue weighted by atomic mass is 9.95. The molecule has 1 heterocycles. The highest BCUT2D eigenvalue weighted by atomic mass is 16.5. The lowest BCUT2D eigenvalue weighted by Crippen LogP contribution is -2.47. The van der Waals surface area contributed by atoms with E-state index in [1.807, 2.05) is 38.1 Å². The molecule has 0 unspecified atom stereocenters. The summed E-state index contributed by atoms with van der Waals surface area (Å²) >= 11 is 0. The monoisotopic (exact) mass is 319 g/mol. The van der Waals surface area contributed by atoms with Crippen molar-refractivity contribution in [1.29, 1.82) is 0 Å². The van der Waals surface area contributed by atoms with E-state index in [0.717, 1.165) is 0 Å². The summed E-state index contributed by atoms with van der Waals surface area (Å²) in [4.78, 5) is 25.8. The second-order valence-electron chi connectivity index (χ2n) is 5.81. The number of hydrogen-bond acceptors (Lipinski definition) is 4. The molecule has 6 heteroatoms. The van der Waals surface area contributed by atoms with Crippen molar-refractivity contribution in [1.82, 2.24) is 4.90 Å². The normalized spacial score (nSPS) is 17.5. The Hall–Kier alpha value is -2.08. The molecule has 126 valence electrons. The first-order valence-corrected chi connectivity index (χ1v) is 8.09. The molecule has 2 amide bonds. The van der Waals surface area contributed by atoms with Crippen LogP contribution in [0, 0.1) is 5.92 Å². The van der Waals surface area contributed by atoms with Crippen molar-refractivity contribution in [2.45, 2.75) is 32.7 Å². The number of anilines is 1. The number of amides is 2. The van der Waals surface area contributed by atoms with Gasteiger partial charge in [-0.05, 0) is 51.9 Å². The first kappa shape index (κ1) is 17.3. The van der Waals surface area contributed by atoms with Crippen LogP contribution < -0.4 is 15.8 Å². The average Bonchev–Trinajstić information content (AvgIpc) is 2.56. The molecule has 1 aliphatic heterocycles. The molecule has 1 aromatic rings. The number of nitrogens with one attached hydrogen (secondary N) is 1. The smallest absolute Gasteiger partial charge is 0.241 e. The topological polar surface area (TPSA) is 84.7 Å². The second-order valence-corrected chi connectivity index (χ2v) is 5.81. The van der Waals surface area contributed by atoms with Gasteiger partial charge in [-0.1, -0.05) is 12.1 Å². The van der Waals surface area contributed by atoms with Crippen LogP contribution in [-0.4, -0.2) is 42.5 Å². The number of para-hydroxylation sites is 2. The molecule has 0 saturated carbocycles. The van der Waals surface area contributed by atoms with Crippen molar-refractivity contribution in [2.24, 2.45) is 11.7 Å². The standard InChI is InChI=1S/C17H25N3O3/c1-3-23-15-7-5-4-6-14(15)19-17(22)12(2)20-10-8-13(9-11-20)16(18)21/h4-7,12-13H,3,8-11H2,1-2H3,(H2,18,21)(H,19,22)/t12-/m1/s1. The molecule has 1 fully saturated rings.